The van der Waals surface area contributed by atoms with Crippen LogP contribution in [0.2, 0.25) is 0 Å². The fraction of sp³-hybridized carbons (Fsp3) is 0.238. The summed E-state index contributed by atoms with van der Waals surface area (Å²) in [5, 5.41) is 4.26. The third-order valence-electron chi connectivity index (χ3n) is 4.13. The van der Waals surface area contributed by atoms with E-state index in [4.69, 9.17) is 9.47 Å². The summed E-state index contributed by atoms with van der Waals surface area (Å²) in [6, 6.07) is 15.5. The number of aromatic nitrogens is 1. The fourth-order valence-electron chi connectivity index (χ4n) is 2.75. The number of carbonyl (C=O) groups is 1. The number of methoxy groups -OCH3 is 1. The van der Waals surface area contributed by atoms with Gasteiger partial charge < -0.3 is 14.8 Å². The van der Waals surface area contributed by atoms with Crippen molar-refractivity contribution >= 4 is 28.2 Å². The highest BCUT2D eigenvalue weighted by Crippen LogP contribution is 2.30. The summed E-state index contributed by atoms with van der Waals surface area (Å²) in [4.78, 5) is 16.4. The van der Waals surface area contributed by atoms with E-state index in [1.165, 1.54) is 12.7 Å². The molecule has 0 aliphatic rings. The van der Waals surface area contributed by atoms with Crippen LogP contribution < -0.4 is 10.1 Å². The summed E-state index contributed by atoms with van der Waals surface area (Å²) in [6.07, 6.45) is 0.989. The van der Waals surface area contributed by atoms with E-state index in [1.807, 2.05) is 37.3 Å². The number of nitrogens with zero attached hydrogens (tertiary/aromatic N) is 1. The van der Waals surface area contributed by atoms with Crippen LogP contribution in [0.3, 0.4) is 0 Å². The Bertz CT molecular complexity index is 920. The third kappa shape index (κ3) is 3.77. The summed E-state index contributed by atoms with van der Waals surface area (Å²) < 4.78 is 10.4. The van der Waals surface area contributed by atoms with Gasteiger partial charge in [0.05, 0.1) is 24.9 Å². The van der Waals surface area contributed by atoms with E-state index < -0.39 is 5.97 Å². The first kappa shape index (κ1) is 17.7. The van der Waals surface area contributed by atoms with Crippen LogP contribution in [0, 0.1) is 0 Å². The second-order valence-electron chi connectivity index (χ2n) is 5.83. The second kappa shape index (κ2) is 7.87. The molecule has 0 radical (unpaired) electrons. The molecule has 1 N–H and O–H groups in total. The normalized spacial score (nSPS) is 10.6. The predicted molar refractivity (Wildman–Crippen MR) is 103 cm³/mol. The van der Waals surface area contributed by atoms with E-state index in [1.54, 1.807) is 6.07 Å². The first-order chi connectivity index (χ1) is 12.6. The molecule has 1 heterocycles. The van der Waals surface area contributed by atoms with Gasteiger partial charge in [0.15, 0.2) is 5.69 Å². The molecule has 5 heteroatoms. The molecule has 0 atom stereocenters. The third-order valence-corrected chi connectivity index (χ3v) is 4.13. The topological polar surface area (TPSA) is 60.5 Å². The Morgan fingerprint density at radius 2 is 1.85 bits per heavy atom. The molecule has 26 heavy (non-hydrogen) atoms. The molecule has 3 aromatic rings. The first-order valence-electron chi connectivity index (χ1n) is 8.66. The molecule has 3 rings (SSSR count). The van der Waals surface area contributed by atoms with Crippen LogP contribution in [0.1, 0.15) is 29.9 Å². The number of anilines is 2. The fourth-order valence-corrected chi connectivity index (χ4v) is 2.75. The van der Waals surface area contributed by atoms with Gasteiger partial charge in [0, 0.05) is 11.1 Å². The molecule has 0 aliphatic heterocycles. The molecule has 0 unspecified atom stereocenters. The van der Waals surface area contributed by atoms with E-state index in [2.05, 4.69) is 29.4 Å². The van der Waals surface area contributed by atoms with Gasteiger partial charge in [-0.2, -0.15) is 0 Å². The summed E-state index contributed by atoms with van der Waals surface area (Å²) in [5.74, 6) is 0.294. The van der Waals surface area contributed by atoms with Crippen LogP contribution in [-0.4, -0.2) is 24.7 Å². The van der Waals surface area contributed by atoms with Gasteiger partial charge in [0.1, 0.15) is 5.75 Å². The number of fused-ring (bicyclic) bond motifs is 1. The van der Waals surface area contributed by atoms with Gasteiger partial charge in [0.25, 0.3) is 0 Å². The van der Waals surface area contributed by atoms with Crippen molar-refractivity contribution in [2.45, 2.75) is 20.3 Å². The maximum Gasteiger partial charge on any atom is 0.356 e. The highest BCUT2D eigenvalue weighted by Gasteiger charge is 2.13. The van der Waals surface area contributed by atoms with Crippen LogP contribution in [0.25, 0.3) is 10.9 Å². The molecule has 0 saturated heterocycles. The Morgan fingerprint density at radius 1 is 1.08 bits per heavy atom. The Balaban J connectivity index is 2.08. The lowest BCUT2D eigenvalue weighted by Gasteiger charge is -2.13. The zero-order valence-corrected chi connectivity index (χ0v) is 15.2. The monoisotopic (exact) mass is 350 g/mol. The van der Waals surface area contributed by atoms with Gasteiger partial charge >= 0.3 is 5.97 Å². The van der Waals surface area contributed by atoms with Gasteiger partial charge in [-0.25, -0.2) is 9.78 Å². The number of ether oxygens (including phenoxy) is 2. The number of esters is 1. The lowest BCUT2D eigenvalue weighted by Crippen LogP contribution is -2.06. The van der Waals surface area contributed by atoms with Crippen molar-refractivity contribution in [3.63, 3.8) is 0 Å². The number of rotatable bonds is 6. The lowest BCUT2D eigenvalue weighted by molar-refractivity contribution is 0.0594. The maximum absolute atomic E-state index is 12.0. The summed E-state index contributed by atoms with van der Waals surface area (Å²) >= 11 is 0. The molecule has 0 fully saturated rings. The molecular weight excluding hydrogens is 328 g/mol. The summed E-state index contributed by atoms with van der Waals surface area (Å²) in [7, 11) is 1.35. The van der Waals surface area contributed by atoms with Crippen LogP contribution in [0.4, 0.5) is 11.4 Å². The van der Waals surface area contributed by atoms with Crippen LogP contribution in [0.5, 0.6) is 5.75 Å². The van der Waals surface area contributed by atoms with E-state index in [9.17, 15) is 4.79 Å². The molecule has 2 aromatic carbocycles. The number of hydrogen-bond donors (Lipinski definition) is 1. The number of nitrogens with one attached hydrogen (secondary N) is 1. The highest BCUT2D eigenvalue weighted by molar-refractivity contribution is 5.99. The van der Waals surface area contributed by atoms with Gasteiger partial charge in [-0.15, -0.1) is 0 Å². The Morgan fingerprint density at radius 3 is 2.50 bits per heavy atom. The zero-order valence-electron chi connectivity index (χ0n) is 15.2. The number of carbonyl (C=O) groups excluding carboxylic acids is 1. The smallest absolute Gasteiger partial charge is 0.356 e. The van der Waals surface area contributed by atoms with E-state index >= 15 is 0 Å². The summed E-state index contributed by atoms with van der Waals surface area (Å²) in [6.45, 7) is 4.65. The van der Waals surface area contributed by atoms with Gasteiger partial charge in [-0.05, 0) is 55.3 Å². The predicted octanol–water partition coefficient (Wildman–Crippen LogP) is 4.73. The number of hydrogen-bond acceptors (Lipinski definition) is 5. The van der Waals surface area contributed by atoms with E-state index in [0.717, 1.165) is 28.9 Å². The minimum Gasteiger partial charge on any atom is -0.494 e. The molecule has 0 bridgehead atoms. The van der Waals surface area contributed by atoms with Gasteiger partial charge in [-0.1, -0.05) is 19.1 Å². The standard InChI is InChI=1S/C21H22N2O3/c1-4-14-6-8-15(9-7-14)22-19-13-20(21(24)25-3)23-18-11-10-16(26-5-2)12-17(18)19/h6-13H,4-5H2,1-3H3,(H,22,23). The molecular formula is C21H22N2O3. The molecule has 5 nitrogen and oxygen atoms in total. The van der Waals surface area contributed by atoms with Crippen LogP contribution in [0.15, 0.2) is 48.5 Å². The number of benzene rings is 2. The first-order valence-corrected chi connectivity index (χ1v) is 8.66. The largest absolute Gasteiger partial charge is 0.494 e. The Labute approximate surface area is 153 Å². The van der Waals surface area contributed by atoms with Crippen molar-refractivity contribution in [1.29, 1.82) is 0 Å². The van der Waals surface area contributed by atoms with Crippen molar-refractivity contribution in [1.82, 2.24) is 4.98 Å². The minimum absolute atomic E-state index is 0.261. The van der Waals surface area contributed by atoms with Crippen molar-refractivity contribution < 1.29 is 14.3 Å². The molecule has 1 aromatic heterocycles. The average molecular weight is 350 g/mol. The Kier molecular flexibility index (Phi) is 5.37. The number of pyridine rings is 1. The maximum atomic E-state index is 12.0. The van der Waals surface area contributed by atoms with Crippen molar-refractivity contribution in [3.05, 3.63) is 59.8 Å². The second-order valence-corrected chi connectivity index (χ2v) is 5.83. The Hall–Kier alpha value is -3.08. The van der Waals surface area contributed by atoms with Crippen molar-refractivity contribution in [3.8, 4) is 5.75 Å². The van der Waals surface area contributed by atoms with E-state index in [0.29, 0.717) is 12.1 Å². The van der Waals surface area contributed by atoms with Crippen molar-refractivity contribution in [2.75, 3.05) is 19.0 Å². The van der Waals surface area contributed by atoms with Crippen LogP contribution in [-0.2, 0) is 11.2 Å². The zero-order chi connectivity index (χ0) is 18.5. The molecule has 134 valence electrons. The lowest BCUT2D eigenvalue weighted by atomic mass is 10.1. The van der Waals surface area contributed by atoms with Gasteiger partial charge in [-0.3, -0.25) is 0 Å². The molecule has 0 spiro atoms. The SMILES string of the molecule is CCOc1ccc2nc(C(=O)OC)cc(Nc3ccc(CC)cc3)c2c1. The van der Waals surface area contributed by atoms with E-state index in [-0.39, 0.29) is 5.69 Å². The van der Waals surface area contributed by atoms with Crippen molar-refractivity contribution in [2.24, 2.45) is 0 Å². The highest BCUT2D eigenvalue weighted by atomic mass is 16.5. The minimum atomic E-state index is -0.467. The van der Waals surface area contributed by atoms with Gasteiger partial charge in [0.2, 0.25) is 0 Å². The average Bonchev–Trinajstić information content (AvgIpc) is 2.68. The molecule has 0 amide bonds. The summed E-state index contributed by atoms with van der Waals surface area (Å²) in [5.41, 5.74) is 3.94. The van der Waals surface area contributed by atoms with Crippen LogP contribution >= 0.6 is 0 Å². The molecule has 0 aliphatic carbocycles. The molecule has 0 saturated carbocycles. The quantitative estimate of drug-likeness (QED) is 0.652. The number of aryl methyl sites for hydroxylation is 1.